The second kappa shape index (κ2) is 7.30. The summed E-state index contributed by atoms with van der Waals surface area (Å²) in [6.45, 7) is 1.93. The predicted octanol–water partition coefficient (Wildman–Crippen LogP) is 3.02. The van der Waals surface area contributed by atoms with Crippen LogP contribution in [0.2, 0.25) is 0 Å². The van der Waals surface area contributed by atoms with Gasteiger partial charge < -0.3 is 9.73 Å². The maximum absolute atomic E-state index is 12.2. The summed E-state index contributed by atoms with van der Waals surface area (Å²) in [5.74, 6) is -0.121. The maximum atomic E-state index is 12.2. The van der Waals surface area contributed by atoms with Crippen molar-refractivity contribution >= 4 is 5.91 Å². The van der Waals surface area contributed by atoms with Gasteiger partial charge in [-0.1, -0.05) is 30.3 Å². The van der Waals surface area contributed by atoms with Gasteiger partial charge in [-0.05, 0) is 31.0 Å². The average molecular weight is 282 g/mol. The van der Waals surface area contributed by atoms with E-state index in [1.165, 1.54) is 0 Å². The first-order chi connectivity index (χ1) is 10.2. The second-order valence-electron chi connectivity index (χ2n) is 5.00. The SMILES string of the molecule is CC(CCc1ccco1)NC(=O)C(C#N)c1ccccc1. The van der Waals surface area contributed by atoms with Crippen LogP contribution >= 0.6 is 0 Å². The Morgan fingerprint density at radius 2 is 2.05 bits per heavy atom. The Kier molecular flexibility index (Phi) is 5.16. The standard InChI is InChI=1S/C17H18N2O2/c1-13(9-10-15-8-5-11-21-15)19-17(20)16(12-18)14-6-3-2-4-7-14/h2-8,11,13,16H,9-10H2,1H3,(H,19,20). The molecule has 0 bridgehead atoms. The number of amides is 1. The predicted molar refractivity (Wildman–Crippen MR) is 79.4 cm³/mol. The molecule has 1 heterocycles. The highest BCUT2D eigenvalue weighted by atomic mass is 16.3. The Morgan fingerprint density at radius 1 is 1.29 bits per heavy atom. The lowest BCUT2D eigenvalue weighted by molar-refractivity contribution is -0.122. The van der Waals surface area contributed by atoms with Gasteiger partial charge in [0.05, 0.1) is 12.3 Å². The first-order valence-corrected chi connectivity index (χ1v) is 6.98. The number of benzene rings is 1. The molecule has 4 heteroatoms. The summed E-state index contributed by atoms with van der Waals surface area (Å²) in [5, 5.41) is 12.1. The van der Waals surface area contributed by atoms with E-state index in [-0.39, 0.29) is 11.9 Å². The van der Waals surface area contributed by atoms with Gasteiger partial charge in [-0.3, -0.25) is 4.79 Å². The van der Waals surface area contributed by atoms with Crippen LogP contribution in [0.1, 0.15) is 30.6 Å². The molecule has 21 heavy (non-hydrogen) atoms. The monoisotopic (exact) mass is 282 g/mol. The van der Waals surface area contributed by atoms with E-state index in [1.54, 1.807) is 18.4 Å². The fourth-order valence-corrected chi connectivity index (χ4v) is 2.14. The zero-order valence-corrected chi connectivity index (χ0v) is 12.0. The molecule has 0 spiro atoms. The quantitative estimate of drug-likeness (QED) is 0.885. The van der Waals surface area contributed by atoms with Crippen LogP contribution in [0.25, 0.3) is 0 Å². The largest absolute Gasteiger partial charge is 0.469 e. The fourth-order valence-electron chi connectivity index (χ4n) is 2.14. The zero-order chi connectivity index (χ0) is 15.1. The van der Waals surface area contributed by atoms with Crippen molar-refractivity contribution in [2.75, 3.05) is 0 Å². The minimum Gasteiger partial charge on any atom is -0.469 e. The molecule has 1 aromatic heterocycles. The number of furan rings is 1. The summed E-state index contributed by atoms with van der Waals surface area (Å²) >= 11 is 0. The summed E-state index contributed by atoms with van der Waals surface area (Å²) < 4.78 is 5.26. The molecule has 2 unspecified atom stereocenters. The van der Waals surface area contributed by atoms with E-state index in [0.29, 0.717) is 0 Å². The van der Waals surface area contributed by atoms with Crippen molar-refractivity contribution in [3.8, 4) is 6.07 Å². The maximum Gasteiger partial charge on any atom is 0.242 e. The molecule has 0 aliphatic heterocycles. The Hall–Kier alpha value is -2.54. The van der Waals surface area contributed by atoms with Crippen LogP contribution in [0.3, 0.4) is 0 Å². The molecule has 0 aliphatic carbocycles. The van der Waals surface area contributed by atoms with E-state index >= 15 is 0 Å². The van der Waals surface area contributed by atoms with E-state index in [9.17, 15) is 10.1 Å². The minimum atomic E-state index is -0.766. The number of nitriles is 1. The third kappa shape index (κ3) is 4.22. The highest BCUT2D eigenvalue weighted by molar-refractivity contribution is 5.86. The minimum absolute atomic E-state index is 0.0119. The van der Waals surface area contributed by atoms with Crippen LogP contribution in [0.4, 0.5) is 0 Å². The lowest BCUT2D eigenvalue weighted by Crippen LogP contribution is -2.36. The van der Waals surface area contributed by atoms with E-state index in [2.05, 4.69) is 11.4 Å². The Balaban J connectivity index is 1.89. The van der Waals surface area contributed by atoms with Crippen molar-refractivity contribution in [2.24, 2.45) is 0 Å². The van der Waals surface area contributed by atoms with Gasteiger partial charge in [0.1, 0.15) is 11.7 Å². The molecule has 2 atom stereocenters. The van der Waals surface area contributed by atoms with Gasteiger partial charge in [-0.25, -0.2) is 0 Å². The zero-order valence-electron chi connectivity index (χ0n) is 12.0. The van der Waals surface area contributed by atoms with Crippen molar-refractivity contribution in [1.29, 1.82) is 5.26 Å². The molecular formula is C17H18N2O2. The summed E-state index contributed by atoms with van der Waals surface area (Å²) in [6, 6.07) is 14.9. The van der Waals surface area contributed by atoms with Crippen molar-refractivity contribution < 1.29 is 9.21 Å². The first-order valence-electron chi connectivity index (χ1n) is 6.98. The molecule has 4 nitrogen and oxygen atoms in total. The molecule has 2 rings (SSSR count). The first kappa shape index (κ1) is 14.9. The summed E-state index contributed by atoms with van der Waals surface area (Å²) in [4.78, 5) is 12.2. The van der Waals surface area contributed by atoms with Crippen molar-refractivity contribution in [2.45, 2.75) is 31.7 Å². The van der Waals surface area contributed by atoms with Gasteiger partial charge in [-0.2, -0.15) is 5.26 Å². The summed E-state index contributed by atoms with van der Waals surface area (Å²) in [6.07, 6.45) is 3.17. The molecule has 0 saturated heterocycles. The molecule has 1 N–H and O–H groups in total. The third-order valence-corrected chi connectivity index (χ3v) is 3.32. The summed E-state index contributed by atoms with van der Waals surface area (Å²) in [7, 11) is 0. The van der Waals surface area contributed by atoms with Gasteiger partial charge in [0.2, 0.25) is 5.91 Å². The van der Waals surface area contributed by atoms with E-state index in [0.717, 1.165) is 24.2 Å². The average Bonchev–Trinajstić information content (AvgIpc) is 3.00. The number of hydrogen-bond acceptors (Lipinski definition) is 3. The van der Waals surface area contributed by atoms with Crippen molar-refractivity contribution in [3.63, 3.8) is 0 Å². The van der Waals surface area contributed by atoms with E-state index < -0.39 is 5.92 Å². The van der Waals surface area contributed by atoms with E-state index in [1.807, 2.05) is 37.3 Å². The van der Waals surface area contributed by atoms with Crippen molar-refractivity contribution in [1.82, 2.24) is 5.32 Å². The normalized spacial score (nSPS) is 13.1. The lowest BCUT2D eigenvalue weighted by Gasteiger charge is -2.16. The van der Waals surface area contributed by atoms with Crippen LogP contribution in [0.5, 0.6) is 0 Å². The van der Waals surface area contributed by atoms with Gasteiger partial charge in [0.15, 0.2) is 0 Å². The van der Waals surface area contributed by atoms with Gasteiger partial charge in [0, 0.05) is 12.5 Å². The number of nitrogens with zero attached hydrogens (tertiary/aromatic N) is 1. The molecule has 0 fully saturated rings. The van der Waals surface area contributed by atoms with Gasteiger partial charge in [-0.15, -0.1) is 0 Å². The molecule has 2 aromatic rings. The Labute approximate surface area is 124 Å². The number of nitrogens with one attached hydrogen (secondary N) is 1. The number of hydrogen-bond donors (Lipinski definition) is 1. The molecule has 1 amide bonds. The Morgan fingerprint density at radius 3 is 2.67 bits per heavy atom. The van der Waals surface area contributed by atoms with Crippen LogP contribution in [-0.4, -0.2) is 11.9 Å². The smallest absolute Gasteiger partial charge is 0.242 e. The van der Waals surface area contributed by atoms with Crippen molar-refractivity contribution in [3.05, 3.63) is 60.1 Å². The van der Waals surface area contributed by atoms with Gasteiger partial charge >= 0.3 is 0 Å². The molecular weight excluding hydrogens is 264 g/mol. The number of aryl methyl sites for hydroxylation is 1. The number of carbonyl (C=O) groups is 1. The lowest BCUT2D eigenvalue weighted by atomic mass is 9.99. The highest BCUT2D eigenvalue weighted by Gasteiger charge is 2.21. The Bertz CT molecular complexity index is 599. The molecule has 0 radical (unpaired) electrons. The third-order valence-electron chi connectivity index (χ3n) is 3.32. The molecule has 108 valence electrons. The van der Waals surface area contributed by atoms with Crippen LogP contribution in [-0.2, 0) is 11.2 Å². The van der Waals surface area contributed by atoms with Gasteiger partial charge in [0.25, 0.3) is 0 Å². The summed E-state index contributed by atoms with van der Waals surface area (Å²) in [5.41, 5.74) is 0.718. The van der Waals surface area contributed by atoms with Crippen LogP contribution < -0.4 is 5.32 Å². The number of rotatable bonds is 6. The fraction of sp³-hybridized carbons (Fsp3) is 0.294. The molecule has 1 aromatic carbocycles. The van der Waals surface area contributed by atoms with Crippen LogP contribution in [0.15, 0.2) is 53.1 Å². The molecule has 0 aliphatic rings. The second-order valence-corrected chi connectivity index (χ2v) is 5.00. The van der Waals surface area contributed by atoms with E-state index in [4.69, 9.17) is 4.42 Å². The molecule has 0 saturated carbocycles. The topological polar surface area (TPSA) is 66.0 Å². The van der Waals surface area contributed by atoms with Crippen LogP contribution in [0, 0.1) is 11.3 Å². The number of carbonyl (C=O) groups excluding carboxylic acids is 1. The highest BCUT2D eigenvalue weighted by Crippen LogP contribution is 2.15.